The van der Waals surface area contributed by atoms with Gasteiger partial charge in [0.1, 0.15) is 17.1 Å². The third-order valence-electron chi connectivity index (χ3n) is 5.40. The van der Waals surface area contributed by atoms with E-state index in [2.05, 4.69) is 36.5 Å². The number of halogens is 1. The quantitative estimate of drug-likeness (QED) is 0.489. The van der Waals surface area contributed by atoms with E-state index in [9.17, 15) is 4.79 Å². The highest BCUT2D eigenvalue weighted by molar-refractivity contribution is 6.30. The van der Waals surface area contributed by atoms with Crippen molar-refractivity contribution >= 4 is 29.3 Å². The lowest BCUT2D eigenvalue weighted by Gasteiger charge is -2.32. The molecule has 1 amide bonds. The minimum atomic E-state index is -0.388. The second kappa shape index (κ2) is 8.86. The van der Waals surface area contributed by atoms with E-state index >= 15 is 0 Å². The molecule has 3 aromatic carbocycles. The fourth-order valence-corrected chi connectivity index (χ4v) is 3.65. The third-order valence-corrected chi connectivity index (χ3v) is 5.65. The lowest BCUT2D eigenvalue weighted by molar-refractivity contribution is 0.102. The molecule has 0 aliphatic carbocycles. The Kier molecular flexibility index (Phi) is 6.01. The summed E-state index contributed by atoms with van der Waals surface area (Å²) in [6.07, 6.45) is 5.90. The highest BCUT2D eigenvalue weighted by Crippen LogP contribution is 2.35. The van der Waals surface area contributed by atoms with Gasteiger partial charge in [0.05, 0.1) is 7.11 Å². The first kappa shape index (κ1) is 21.0. The molecular formula is C26H24ClNO3. The maximum absolute atomic E-state index is 12.4. The standard InChI is InChI=1S/C26H24ClNO3/c1-26(15-13-18-3-10-23(30-2)11-4-18)16-14-20-17-22(9-12-24(20)31-26)28-25(29)19-5-7-21(27)8-6-19/h3-12,14,16-17H,13,15H2,1-2H3,(H,28,29). The molecule has 5 heteroatoms. The number of benzene rings is 3. The summed E-state index contributed by atoms with van der Waals surface area (Å²) in [6, 6.07) is 20.6. The number of rotatable bonds is 6. The van der Waals surface area contributed by atoms with E-state index in [4.69, 9.17) is 21.1 Å². The first-order chi connectivity index (χ1) is 14.9. The molecule has 1 heterocycles. The second-order valence-electron chi connectivity index (χ2n) is 7.81. The Hall–Kier alpha value is -3.24. The monoisotopic (exact) mass is 433 g/mol. The van der Waals surface area contributed by atoms with Crippen molar-refractivity contribution in [3.05, 3.63) is 94.5 Å². The van der Waals surface area contributed by atoms with Gasteiger partial charge in [-0.3, -0.25) is 4.79 Å². The predicted octanol–water partition coefficient (Wildman–Crippen LogP) is 6.40. The summed E-state index contributed by atoms with van der Waals surface area (Å²) in [7, 11) is 1.67. The number of carbonyl (C=O) groups excluding carboxylic acids is 1. The number of amides is 1. The van der Waals surface area contributed by atoms with E-state index in [0.717, 1.165) is 29.9 Å². The largest absolute Gasteiger partial charge is 0.497 e. The molecule has 0 saturated carbocycles. The number of nitrogens with one attached hydrogen (secondary N) is 1. The fraction of sp³-hybridized carbons (Fsp3) is 0.192. The number of carbonyl (C=O) groups is 1. The van der Waals surface area contributed by atoms with E-state index in [0.29, 0.717) is 16.3 Å². The summed E-state index contributed by atoms with van der Waals surface area (Å²) in [5, 5.41) is 3.52. The number of fused-ring (bicyclic) bond motifs is 1. The van der Waals surface area contributed by atoms with Crippen molar-refractivity contribution in [1.82, 2.24) is 0 Å². The molecule has 4 nitrogen and oxygen atoms in total. The van der Waals surface area contributed by atoms with Crippen molar-refractivity contribution in [2.75, 3.05) is 12.4 Å². The van der Waals surface area contributed by atoms with Crippen LogP contribution in [0.15, 0.2) is 72.8 Å². The Morgan fingerprint density at radius 1 is 1.06 bits per heavy atom. The average molecular weight is 434 g/mol. The molecule has 0 bridgehead atoms. The predicted molar refractivity (Wildman–Crippen MR) is 125 cm³/mol. The van der Waals surface area contributed by atoms with Gasteiger partial charge in [0.25, 0.3) is 5.91 Å². The summed E-state index contributed by atoms with van der Waals surface area (Å²) in [4.78, 5) is 12.4. The summed E-state index contributed by atoms with van der Waals surface area (Å²) in [5.41, 5.74) is 3.07. The Morgan fingerprint density at radius 2 is 1.81 bits per heavy atom. The van der Waals surface area contributed by atoms with Crippen LogP contribution >= 0.6 is 11.6 Å². The van der Waals surface area contributed by atoms with Crippen molar-refractivity contribution in [2.24, 2.45) is 0 Å². The smallest absolute Gasteiger partial charge is 0.255 e. The molecule has 0 radical (unpaired) electrons. The second-order valence-corrected chi connectivity index (χ2v) is 8.25. The maximum Gasteiger partial charge on any atom is 0.255 e. The van der Waals surface area contributed by atoms with Gasteiger partial charge in [-0.2, -0.15) is 0 Å². The molecule has 158 valence electrons. The summed E-state index contributed by atoms with van der Waals surface area (Å²) < 4.78 is 11.5. The van der Waals surface area contributed by atoms with Crippen molar-refractivity contribution < 1.29 is 14.3 Å². The third kappa shape index (κ3) is 5.09. The molecule has 3 aromatic rings. The SMILES string of the molecule is COc1ccc(CCC2(C)C=Cc3cc(NC(=O)c4ccc(Cl)cc4)ccc3O2)cc1. The first-order valence-electron chi connectivity index (χ1n) is 10.2. The van der Waals surface area contributed by atoms with Crippen molar-refractivity contribution in [3.63, 3.8) is 0 Å². The van der Waals surface area contributed by atoms with Crippen LogP contribution in [-0.2, 0) is 6.42 Å². The van der Waals surface area contributed by atoms with Crippen LogP contribution in [0.1, 0.15) is 34.8 Å². The van der Waals surface area contributed by atoms with Gasteiger partial charge in [-0.25, -0.2) is 0 Å². The number of hydrogen-bond donors (Lipinski definition) is 1. The highest BCUT2D eigenvalue weighted by Gasteiger charge is 2.27. The van der Waals surface area contributed by atoms with E-state index in [1.54, 1.807) is 31.4 Å². The minimum Gasteiger partial charge on any atom is -0.497 e. The van der Waals surface area contributed by atoms with Crippen LogP contribution in [0.5, 0.6) is 11.5 Å². The highest BCUT2D eigenvalue weighted by atomic mass is 35.5. The zero-order valence-corrected chi connectivity index (χ0v) is 18.3. The Labute approximate surface area is 187 Å². The number of aryl methyl sites for hydroxylation is 1. The molecule has 1 atom stereocenters. The van der Waals surface area contributed by atoms with E-state index in [1.165, 1.54) is 5.56 Å². The van der Waals surface area contributed by atoms with E-state index in [1.807, 2.05) is 30.3 Å². The molecule has 0 saturated heterocycles. The van der Waals surface area contributed by atoms with Gasteiger partial charge in [0.15, 0.2) is 0 Å². The van der Waals surface area contributed by atoms with Gasteiger partial charge in [0.2, 0.25) is 0 Å². The van der Waals surface area contributed by atoms with Gasteiger partial charge in [0, 0.05) is 21.8 Å². The fourth-order valence-electron chi connectivity index (χ4n) is 3.52. The Bertz CT molecular complexity index is 1110. The van der Waals surface area contributed by atoms with Crippen LogP contribution < -0.4 is 14.8 Å². The van der Waals surface area contributed by atoms with E-state index in [-0.39, 0.29) is 11.5 Å². The lowest BCUT2D eigenvalue weighted by atomic mass is 9.93. The van der Waals surface area contributed by atoms with E-state index < -0.39 is 0 Å². The zero-order chi connectivity index (χ0) is 21.8. The molecular weight excluding hydrogens is 410 g/mol. The number of ether oxygens (including phenoxy) is 2. The first-order valence-corrected chi connectivity index (χ1v) is 10.5. The van der Waals surface area contributed by atoms with Crippen molar-refractivity contribution in [2.45, 2.75) is 25.4 Å². The maximum atomic E-state index is 12.4. The number of anilines is 1. The molecule has 0 spiro atoms. The molecule has 31 heavy (non-hydrogen) atoms. The number of methoxy groups -OCH3 is 1. The van der Waals surface area contributed by atoms with Gasteiger partial charge in [-0.1, -0.05) is 29.8 Å². The lowest BCUT2D eigenvalue weighted by Crippen LogP contribution is -2.32. The minimum absolute atomic E-state index is 0.179. The van der Waals surface area contributed by atoms with Crippen LogP contribution in [0.3, 0.4) is 0 Å². The van der Waals surface area contributed by atoms with Crippen LogP contribution in [0, 0.1) is 0 Å². The van der Waals surface area contributed by atoms with Gasteiger partial charge in [-0.15, -0.1) is 0 Å². The van der Waals surface area contributed by atoms with Crippen LogP contribution in [0.25, 0.3) is 6.08 Å². The molecule has 0 fully saturated rings. The molecule has 1 aliphatic rings. The normalized spacial score (nSPS) is 16.9. The van der Waals surface area contributed by atoms with Crippen molar-refractivity contribution in [3.8, 4) is 11.5 Å². The van der Waals surface area contributed by atoms with Gasteiger partial charge >= 0.3 is 0 Å². The molecule has 4 rings (SSSR count). The van der Waals surface area contributed by atoms with Gasteiger partial charge < -0.3 is 14.8 Å². The van der Waals surface area contributed by atoms with Gasteiger partial charge in [-0.05, 0) is 86.0 Å². The van der Waals surface area contributed by atoms with Crippen LogP contribution in [0.2, 0.25) is 5.02 Å². The topological polar surface area (TPSA) is 47.6 Å². The summed E-state index contributed by atoms with van der Waals surface area (Å²) in [5.74, 6) is 1.49. The molecule has 1 unspecified atom stereocenters. The summed E-state index contributed by atoms with van der Waals surface area (Å²) >= 11 is 5.89. The van der Waals surface area contributed by atoms with Crippen LogP contribution in [0.4, 0.5) is 5.69 Å². The zero-order valence-electron chi connectivity index (χ0n) is 17.5. The van der Waals surface area contributed by atoms with Crippen molar-refractivity contribution in [1.29, 1.82) is 0 Å². The average Bonchev–Trinajstić information content (AvgIpc) is 2.79. The number of hydrogen-bond acceptors (Lipinski definition) is 3. The molecule has 1 N–H and O–H groups in total. The molecule has 0 aromatic heterocycles. The molecule has 1 aliphatic heterocycles. The Balaban J connectivity index is 1.41. The Morgan fingerprint density at radius 3 is 2.52 bits per heavy atom. The van der Waals surface area contributed by atoms with Crippen LogP contribution in [-0.4, -0.2) is 18.6 Å². The summed E-state index contributed by atoms with van der Waals surface area (Å²) in [6.45, 7) is 2.09.